The van der Waals surface area contributed by atoms with Crippen molar-refractivity contribution in [1.29, 1.82) is 5.41 Å². The molecule has 63 heavy (non-hydrogen) atoms. The van der Waals surface area contributed by atoms with Crippen LogP contribution in [0.25, 0.3) is 89.1 Å². The van der Waals surface area contributed by atoms with E-state index in [1.54, 1.807) is 0 Å². The fourth-order valence-corrected chi connectivity index (χ4v) is 8.61. The number of allylic oxidation sites excluding steroid dienone is 1. The Hall–Kier alpha value is -8.54. The van der Waals surface area contributed by atoms with E-state index in [0.29, 0.717) is 23.2 Å². The average Bonchev–Trinajstić information content (AvgIpc) is 3.70. The van der Waals surface area contributed by atoms with Crippen molar-refractivity contribution in [2.45, 2.75) is 0 Å². The lowest BCUT2D eigenvalue weighted by Crippen LogP contribution is -2.01. The van der Waals surface area contributed by atoms with Crippen LogP contribution in [0.15, 0.2) is 231 Å². The Balaban J connectivity index is 0.982. The normalized spacial score (nSPS) is 11.7. The zero-order valence-electron chi connectivity index (χ0n) is 34.2. The number of fused-ring (bicyclic) bond motifs is 4. The van der Waals surface area contributed by atoms with Crippen LogP contribution in [0.2, 0.25) is 0 Å². The molecular formula is C58H39N5. The summed E-state index contributed by atoms with van der Waals surface area (Å²) in [6.07, 6.45) is 1.99. The van der Waals surface area contributed by atoms with E-state index in [2.05, 4.69) is 162 Å². The molecule has 0 saturated carbocycles. The molecule has 5 heteroatoms. The minimum atomic E-state index is 0.464. The van der Waals surface area contributed by atoms with Gasteiger partial charge in [0.2, 0.25) is 0 Å². The molecule has 11 aromatic rings. The third-order valence-electron chi connectivity index (χ3n) is 11.7. The van der Waals surface area contributed by atoms with Crippen LogP contribution in [0.4, 0.5) is 0 Å². The van der Waals surface area contributed by atoms with Crippen LogP contribution >= 0.6 is 0 Å². The summed E-state index contributed by atoms with van der Waals surface area (Å²) in [5, 5.41) is 13.7. The van der Waals surface area contributed by atoms with Gasteiger partial charge < -0.3 is 9.98 Å². The molecule has 0 saturated heterocycles. The van der Waals surface area contributed by atoms with E-state index in [1.165, 1.54) is 10.8 Å². The molecule has 0 amide bonds. The second kappa shape index (κ2) is 16.1. The highest BCUT2D eigenvalue weighted by Crippen LogP contribution is 2.36. The molecular weight excluding hydrogens is 767 g/mol. The Morgan fingerprint density at radius 3 is 1.56 bits per heavy atom. The first-order valence-corrected chi connectivity index (χ1v) is 21.1. The number of rotatable bonds is 9. The first-order valence-electron chi connectivity index (χ1n) is 21.1. The molecule has 0 aliphatic heterocycles. The number of hydrogen-bond acceptors (Lipinski definition) is 4. The lowest BCUT2D eigenvalue weighted by Gasteiger charge is -2.14. The summed E-state index contributed by atoms with van der Waals surface area (Å²) in [4.78, 5) is 15.3. The third kappa shape index (κ3) is 7.18. The Labute approximate surface area is 365 Å². The van der Waals surface area contributed by atoms with Crippen LogP contribution in [0.3, 0.4) is 0 Å². The quantitative estimate of drug-likeness (QED) is 0.148. The Morgan fingerprint density at radius 1 is 0.381 bits per heavy atom. The van der Waals surface area contributed by atoms with E-state index in [0.717, 1.165) is 77.6 Å². The molecule has 0 unspecified atom stereocenters. The topological polar surface area (TPSA) is 67.5 Å². The highest BCUT2D eigenvalue weighted by molar-refractivity contribution is 6.14. The van der Waals surface area contributed by atoms with Gasteiger partial charge in [0.15, 0.2) is 17.5 Å². The molecule has 11 rings (SSSR count). The highest BCUT2D eigenvalue weighted by atomic mass is 15.0. The number of nitrogens with one attached hydrogen (secondary N) is 1. The van der Waals surface area contributed by atoms with E-state index in [4.69, 9.17) is 20.4 Å². The van der Waals surface area contributed by atoms with Gasteiger partial charge in [0.05, 0.1) is 16.7 Å². The van der Waals surface area contributed by atoms with E-state index >= 15 is 0 Å². The van der Waals surface area contributed by atoms with Crippen LogP contribution < -0.4 is 0 Å². The summed E-state index contributed by atoms with van der Waals surface area (Å²) in [6.45, 7) is 0. The monoisotopic (exact) mass is 805 g/mol. The van der Waals surface area contributed by atoms with Crippen LogP contribution in [0.5, 0.6) is 0 Å². The number of aromatic nitrogens is 4. The van der Waals surface area contributed by atoms with Gasteiger partial charge in [-0.2, -0.15) is 0 Å². The molecule has 9 aromatic carbocycles. The van der Waals surface area contributed by atoms with Crippen molar-refractivity contribution in [1.82, 2.24) is 19.5 Å². The summed E-state index contributed by atoms with van der Waals surface area (Å²) in [6, 6.07) is 77.5. The number of hydrogen-bond donors (Lipinski definition) is 1. The lowest BCUT2D eigenvalue weighted by molar-refractivity contribution is 1.07. The number of benzene rings is 9. The Bertz CT molecular complexity index is 3450. The SMILES string of the molecule is N=C(/C=C(/c1ccccc1)c1cccc2ccc(-c3ccc(-c4nc(-c5ccccc5)nc(-c5cccc(-n6c7ccccc7c7ccccc76)c5)n4)cc3)cc12)c1ccccc1. The molecule has 5 nitrogen and oxygen atoms in total. The van der Waals surface area contributed by atoms with Crippen LogP contribution in [0.1, 0.15) is 16.7 Å². The van der Waals surface area contributed by atoms with Crippen LogP contribution in [-0.4, -0.2) is 25.2 Å². The van der Waals surface area contributed by atoms with Crippen molar-refractivity contribution in [3.8, 4) is 51.0 Å². The van der Waals surface area contributed by atoms with Gasteiger partial charge >= 0.3 is 0 Å². The maximum Gasteiger partial charge on any atom is 0.164 e. The van der Waals surface area contributed by atoms with Gasteiger partial charge in [0, 0.05) is 33.2 Å². The van der Waals surface area contributed by atoms with Crippen molar-refractivity contribution >= 4 is 43.9 Å². The maximum absolute atomic E-state index is 9.06. The van der Waals surface area contributed by atoms with Gasteiger partial charge in [-0.1, -0.05) is 194 Å². The molecule has 0 fully saturated rings. The zero-order chi connectivity index (χ0) is 42.1. The minimum absolute atomic E-state index is 0.464. The van der Waals surface area contributed by atoms with Crippen molar-refractivity contribution < 1.29 is 0 Å². The molecule has 296 valence electrons. The minimum Gasteiger partial charge on any atom is -0.309 e. The van der Waals surface area contributed by atoms with Gasteiger partial charge in [-0.25, -0.2) is 15.0 Å². The molecule has 1 N–H and O–H groups in total. The Morgan fingerprint density at radius 2 is 0.889 bits per heavy atom. The predicted molar refractivity (Wildman–Crippen MR) is 260 cm³/mol. The maximum atomic E-state index is 9.06. The van der Waals surface area contributed by atoms with Crippen molar-refractivity contribution in [2.24, 2.45) is 0 Å². The van der Waals surface area contributed by atoms with Gasteiger partial charge in [-0.05, 0) is 80.6 Å². The molecule has 0 atom stereocenters. The smallest absolute Gasteiger partial charge is 0.164 e. The fraction of sp³-hybridized carbons (Fsp3) is 0. The molecule has 0 aliphatic carbocycles. The largest absolute Gasteiger partial charge is 0.309 e. The number of nitrogens with zero attached hydrogens (tertiary/aromatic N) is 4. The van der Waals surface area contributed by atoms with Gasteiger partial charge in [0.1, 0.15) is 0 Å². The molecule has 2 aromatic heterocycles. The molecule has 0 radical (unpaired) electrons. The van der Waals surface area contributed by atoms with Crippen molar-refractivity contribution in [2.75, 3.05) is 0 Å². The fourth-order valence-electron chi connectivity index (χ4n) is 8.61. The standard InChI is InChI=1S/C58H39N5/c59-53(42-18-6-2-7-19-42)38-52(40-16-4-1-5-17-40)48-27-15-22-41-32-35-45(37-51(41)48)39-30-33-44(34-31-39)57-60-56(43-20-8-3-9-21-43)61-58(62-57)46-23-14-24-47(36-46)63-54-28-12-10-25-49(54)50-26-11-13-29-55(50)63/h1-38,59H/b52-38-,59-53?. The summed E-state index contributed by atoms with van der Waals surface area (Å²) >= 11 is 0. The summed E-state index contributed by atoms with van der Waals surface area (Å²) in [5.41, 5.74) is 12.7. The van der Waals surface area contributed by atoms with E-state index in [-0.39, 0.29) is 0 Å². The summed E-state index contributed by atoms with van der Waals surface area (Å²) in [7, 11) is 0. The third-order valence-corrected chi connectivity index (χ3v) is 11.7. The first kappa shape index (κ1) is 37.5. The summed E-state index contributed by atoms with van der Waals surface area (Å²) in [5.74, 6) is 1.83. The van der Waals surface area contributed by atoms with Crippen LogP contribution in [0, 0.1) is 5.41 Å². The molecule has 0 spiro atoms. The van der Waals surface area contributed by atoms with Crippen molar-refractivity contribution in [3.63, 3.8) is 0 Å². The average molecular weight is 806 g/mol. The van der Waals surface area contributed by atoms with Gasteiger partial charge in [0.25, 0.3) is 0 Å². The van der Waals surface area contributed by atoms with E-state index in [9.17, 15) is 0 Å². The number of para-hydroxylation sites is 2. The highest BCUT2D eigenvalue weighted by Gasteiger charge is 2.17. The lowest BCUT2D eigenvalue weighted by atomic mass is 9.90. The molecule has 0 aliphatic rings. The van der Waals surface area contributed by atoms with Gasteiger partial charge in [-0.3, -0.25) is 0 Å². The predicted octanol–water partition coefficient (Wildman–Crippen LogP) is 14.3. The van der Waals surface area contributed by atoms with Crippen molar-refractivity contribution in [3.05, 3.63) is 247 Å². The molecule has 0 bridgehead atoms. The van der Waals surface area contributed by atoms with Crippen LogP contribution in [-0.2, 0) is 0 Å². The van der Waals surface area contributed by atoms with E-state index in [1.807, 2.05) is 72.8 Å². The molecule has 2 heterocycles. The van der Waals surface area contributed by atoms with E-state index < -0.39 is 0 Å². The Kier molecular flexibility index (Phi) is 9.60. The second-order valence-corrected chi connectivity index (χ2v) is 15.6. The second-order valence-electron chi connectivity index (χ2n) is 15.6. The zero-order valence-corrected chi connectivity index (χ0v) is 34.2. The summed E-state index contributed by atoms with van der Waals surface area (Å²) < 4.78 is 2.32. The van der Waals surface area contributed by atoms with Gasteiger partial charge in [-0.15, -0.1) is 0 Å². The first-order chi connectivity index (χ1) is 31.1.